The van der Waals surface area contributed by atoms with E-state index in [1.54, 1.807) is 7.11 Å². The Morgan fingerprint density at radius 3 is 2.71 bits per heavy atom. The molecule has 0 amide bonds. The Bertz CT molecular complexity index is 346. The van der Waals surface area contributed by atoms with Crippen LogP contribution in [-0.4, -0.2) is 38.7 Å². The molecule has 17 heavy (non-hydrogen) atoms. The van der Waals surface area contributed by atoms with Crippen LogP contribution in [0.4, 0.5) is 5.69 Å². The molecule has 2 rings (SSSR count). The molecule has 1 fully saturated rings. The Kier molecular flexibility index (Phi) is 4.26. The Morgan fingerprint density at radius 2 is 2.00 bits per heavy atom. The van der Waals surface area contributed by atoms with Crippen LogP contribution in [0.3, 0.4) is 0 Å². The Morgan fingerprint density at radius 1 is 1.29 bits per heavy atom. The van der Waals surface area contributed by atoms with Gasteiger partial charge in [0, 0.05) is 6.54 Å². The number of nitrogens with one attached hydrogen (secondary N) is 1. The van der Waals surface area contributed by atoms with Gasteiger partial charge in [0.05, 0.1) is 12.8 Å². The molecule has 0 spiro atoms. The maximum absolute atomic E-state index is 5.33. The number of hydrogen-bond acceptors (Lipinski definition) is 3. The van der Waals surface area contributed by atoms with Gasteiger partial charge in [-0.2, -0.15) is 0 Å². The van der Waals surface area contributed by atoms with Crippen LogP contribution in [0.2, 0.25) is 0 Å². The fraction of sp³-hybridized carbons (Fsp3) is 0.571. The maximum Gasteiger partial charge on any atom is 0.141 e. The summed E-state index contributed by atoms with van der Waals surface area (Å²) in [6.45, 7) is 3.49. The van der Waals surface area contributed by atoms with E-state index in [0.29, 0.717) is 0 Å². The summed E-state index contributed by atoms with van der Waals surface area (Å²) in [6, 6.07) is 8.11. The molecule has 1 aromatic rings. The van der Waals surface area contributed by atoms with Gasteiger partial charge < -0.3 is 15.0 Å². The molecule has 0 unspecified atom stereocenters. The number of ether oxygens (including phenoxy) is 1. The van der Waals surface area contributed by atoms with Gasteiger partial charge in [0.15, 0.2) is 0 Å². The molecule has 0 aliphatic carbocycles. The van der Waals surface area contributed by atoms with Crippen molar-refractivity contribution in [2.75, 3.05) is 39.1 Å². The predicted octanol–water partition coefficient (Wildman–Crippen LogP) is 2.45. The van der Waals surface area contributed by atoms with Crippen LogP contribution in [0.25, 0.3) is 0 Å². The standard InChI is InChI=1S/C14H22N2O/c1-16-9-7-12(8-10-16)11-15-13-5-3-4-6-14(13)17-2/h3-6,12,15H,7-11H2,1-2H3. The molecule has 0 aromatic heterocycles. The fourth-order valence-corrected chi connectivity index (χ4v) is 2.31. The van der Waals surface area contributed by atoms with Crippen molar-refractivity contribution in [1.82, 2.24) is 4.90 Å². The van der Waals surface area contributed by atoms with E-state index in [0.717, 1.165) is 23.9 Å². The molecular formula is C14H22N2O. The third kappa shape index (κ3) is 3.37. The van der Waals surface area contributed by atoms with E-state index in [1.807, 2.05) is 18.2 Å². The minimum Gasteiger partial charge on any atom is -0.495 e. The summed E-state index contributed by atoms with van der Waals surface area (Å²) in [4.78, 5) is 2.40. The average molecular weight is 234 g/mol. The van der Waals surface area contributed by atoms with E-state index in [4.69, 9.17) is 4.74 Å². The Balaban J connectivity index is 1.85. The van der Waals surface area contributed by atoms with E-state index in [-0.39, 0.29) is 0 Å². The van der Waals surface area contributed by atoms with Crippen LogP contribution in [0.15, 0.2) is 24.3 Å². The van der Waals surface area contributed by atoms with Crippen LogP contribution >= 0.6 is 0 Å². The molecule has 94 valence electrons. The van der Waals surface area contributed by atoms with E-state index in [9.17, 15) is 0 Å². The first-order valence-electron chi connectivity index (χ1n) is 6.35. The maximum atomic E-state index is 5.33. The zero-order chi connectivity index (χ0) is 12.1. The monoisotopic (exact) mass is 234 g/mol. The zero-order valence-electron chi connectivity index (χ0n) is 10.8. The van der Waals surface area contributed by atoms with Crippen molar-refractivity contribution in [3.8, 4) is 5.75 Å². The lowest BCUT2D eigenvalue weighted by Gasteiger charge is -2.29. The SMILES string of the molecule is COc1ccccc1NCC1CCN(C)CC1. The molecule has 1 heterocycles. The molecule has 1 aliphatic rings. The van der Waals surface area contributed by atoms with Gasteiger partial charge >= 0.3 is 0 Å². The third-order valence-corrected chi connectivity index (χ3v) is 3.53. The quantitative estimate of drug-likeness (QED) is 0.866. The van der Waals surface area contributed by atoms with E-state index < -0.39 is 0 Å². The van der Waals surface area contributed by atoms with Crippen LogP contribution in [-0.2, 0) is 0 Å². The van der Waals surface area contributed by atoms with Crippen LogP contribution in [0.1, 0.15) is 12.8 Å². The fourth-order valence-electron chi connectivity index (χ4n) is 2.31. The number of hydrogen-bond donors (Lipinski definition) is 1. The van der Waals surface area contributed by atoms with Gasteiger partial charge in [-0.15, -0.1) is 0 Å². The normalized spacial score (nSPS) is 18.0. The minimum atomic E-state index is 0.788. The Hall–Kier alpha value is -1.22. The number of piperidine rings is 1. The van der Waals surface area contributed by atoms with Crippen LogP contribution < -0.4 is 10.1 Å². The molecule has 3 heteroatoms. The number of benzene rings is 1. The van der Waals surface area contributed by atoms with Crippen molar-refractivity contribution >= 4 is 5.69 Å². The lowest BCUT2D eigenvalue weighted by Crippen LogP contribution is -2.32. The number of likely N-dealkylation sites (tertiary alicyclic amines) is 1. The van der Waals surface area contributed by atoms with Gasteiger partial charge in [-0.05, 0) is 51.0 Å². The van der Waals surface area contributed by atoms with E-state index in [1.165, 1.54) is 25.9 Å². The highest BCUT2D eigenvalue weighted by molar-refractivity contribution is 5.56. The lowest BCUT2D eigenvalue weighted by atomic mass is 9.97. The first-order chi connectivity index (χ1) is 8.29. The summed E-state index contributed by atoms with van der Waals surface area (Å²) in [5.41, 5.74) is 1.11. The summed E-state index contributed by atoms with van der Waals surface area (Å²) in [5.74, 6) is 1.72. The second kappa shape index (κ2) is 5.92. The molecule has 0 radical (unpaired) electrons. The van der Waals surface area contributed by atoms with Crippen molar-refractivity contribution < 1.29 is 4.74 Å². The summed E-state index contributed by atoms with van der Waals surface area (Å²) in [5, 5.41) is 3.51. The largest absolute Gasteiger partial charge is 0.495 e. The molecule has 1 N–H and O–H groups in total. The van der Waals surface area contributed by atoms with Gasteiger partial charge in [0.1, 0.15) is 5.75 Å². The summed E-state index contributed by atoms with van der Waals surface area (Å²) in [6.07, 6.45) is 2.58. The van der Waals surface area contributed by atoms with Gasteiger partial charge in [-0.25, -0.2) is 0 Å². The average Bonchev–Trinajstić information content (AvgIpc) is 2.38. The summed E-state index contributed by atoms with van der Waals surface area (Å²) >= 11 is 0. The van der Waals surface area contributed by atoms with Crippen molar-refractivity contribution in [2.45, 2.75) is 12.8 Å². The second-order valence-corrected chi connectivity index (χ2v) is 4.83. The third-order valence-electron chi connectivity index (χ3n) is 3.53. The lowest BCUT2D eigenvalue weighted by molar-refractivity contribution is 0.226. The smallest absolute Gasteiger partial charge is 0.141 e. The molecule has 1 aromatic carbocycles. The van der Waals surface area contributed by atoms with Crippen LogP contribution in [0, 0.1) is 5.92 Å². The first kappa shape index (κ1) is 12.2. The molecule has 0 saturated carbocycles. The number of anilines is 1. The van der Waals surface area contributed by atoms with Crippen molar-refractivity contribution in [3.63, 3.8) is 0 Å². The molecule has 0 bridgehead atoms. The van der Waals surface area contributed by atoms with Gasteiger partial charge in [-0.1, -0.05) is 12.1 Å². The predicted molar refractivity (Wildman–Crippen MR) is 71.7 cm³/mol. The Labute approximate surface area is 104 Å². The number of nitrogens with zero attached hydrogens (tertiary/aromatic N) is 1. The van der Waals surface area contributed by atoms with Crippen molar-refractivity contribution in [1.29, 1.82) is 0 Å². The molecule has 0 atom stereocenters. The van der Waals surface area contributed by atoms with E-state index in [2.05, 4.69) is 23.3 Å². The molecule has 1 aliphatic heterocycles. The topological polar surface area (TPSA) is 24.5 Å². The van der Waals surface area contributed by atoms with Crippen LogP contribution in [0.5, 0.6) is 5.75 Å². The zero-order valence-corrected chi connectivity index (χ0v) is 10.8. The highest BCUT2D eigenvalue weighted by Crippen LogP contribution is 2.24. The molecule has 1 saturated heterocycles. The minimum absolute atomic E-state index is 0.788. The number of rotatable bonds is 4. The van der Waals surface area contributed by atoms with Crippen molar-refractivity contribution in [2.24, 2.45) is 5.92 Å². The molecular weight excluding hydrogens is 212 g/mol. The molecule has 3 nitrogen and oxygen atoms in total. The van der Waals surface area contributed by atoms with Crippen molar-refractivity contribution in [3.05, 3.63) is 24.3 Å². The second-order valence-electron chi connectivity index (χ2n) is 4.83. The van der Waals surface area contributed by atoms with Gasteiger partial charge in [-0.3, -0.25) is 0 Å². The first-order valence-corrected chi connectivity index (χ1v) is 6.35. The van der Waals surface area contributed by atoms with Gasteiger partial charge in [0.25, 0.3) is 0 Å². The van der Waals surface area contributed by atoms with E-state index >= 15 is 0 Å². The van der Waals surface area contributed by atoms with Gasteiger partial charge in [0.2, 0.25) is 0 Å². The highest BCUT2D eigenvalue weighted by Gasteiger charge is 2.16. The summed E-state index contributed by atoms with van der Waals surface area (Å²) in [7, 11) is 3.92. The highest BCUT2D eigenvalue weighted by atomic mass is 16.5. The summed E-state index contributed by atoms with van der Waals surface area (Å²) < 4.78 is 5.33. The number of para-hydroxylation sites is 2. The number of methoxy groups -OCH3 is 1.